The molecule has 1 amide bonds. The summed E-state index contributed by atoms with van der Waals surface area (Å²) in [6, 6.07) is -1.18. The number of hydrogen-bond donors (Lipinski definition) is 1. The van der Waals surface area contributed by atoms with Crippen molar-refractivity contribution in [3.63, 3.8) is 0 Å². The zero-order valence-electron chi connectivity index (χ0n) is 16.3. The van der Waals surface area contributed by atoms with Crippen LogP contribution in [0.4, 0.5) is 17.6 Å². The fourth-order valence-corrected chi connectivity index (χ4v) is 3.94. The Hall–Kier alpha value is -2.42. The number of nitrogens with zero attached hydrogens (tertiary/aromatic N) is 2. The van der Waals surface area contributed by atoms with Crippen LogP contribution in [-0.4, -0.2) is 28.4 Å². The first-order valence-electron chi connectivity index (χ1n) is 10.1. The van der Waals surface area contributed by atoms with Gasteiger partial charge in [-0.15, -0.1) is 0 Å². The zero-order valence-corrected chi connectivity index (χ0v) is 16.3. The molecular formula is C21H23F4N3O2. The fourth-order valence-electron chi connectivity index (χ4n) is 3.94. The maximum Gasteiger partial charge on any atom is 0.224 e. The molecule has 3 aliphatic rings. The largest absolute Gasteiger partial charge is 0.446 e. The van der Waals surface area contributed by atoms with Gasteiger partial charge in [-0.2, -0.15) is 0 Å². The van der Waals surface area contributed by atoms with Crippen LogP contribution >= 0.6 is 0 Å². The SMILES string of the molecule is NC(CC(=O)N1CCC[C@H]1c1nc(C2(F)CC2)co1)CC1=C(F)C=C(F)CC(F)=C1. The number of hydrogen-bond acceptors (Lipinski definition) is 4. The van der Waals surface area contributed by atoms with Crippen molar-refractivity contribution in [3.05, 3.63) is 53.1 Å². The molecule has 1 saturated carbocycles. The summed E-state index contributed by atoms with van der Waals surface area (Å²) < 4.78 is 60.7. The number of amides is 1. The Bertz CT molecular complexity index is 932. The molecule has 162 valence electrons. The third-order valence-corrected chi connectivity index (χ3v) is 5.71. The highest BCUT2D eigenvalue weighted by molar-refractivity contribution is 5.77. The molecule has 0 bridgehead atoms. The highest BCUT2D eigenvalue weighted by atomic mass is 19.2. The fraction of sp³-hybridized carbons (Fsp3) is 0.524. The average molecular weight is 425 g/mol. The number of oxazole rings is 1. The van der Waals surface area contributed by atoms with E-state index in [9.17, 15) is 22.4 Å². The summed E-state index contributed by atoms with van der Waals surface area (Å²) >= 11 is 0. The van der Waals surface area contributed by atoms with Gasteiger partial charge in [0.05, 0.1) is 6.42 Å². The number of carbonyl (C=O) groups is 1. The van der Waals surface area contributed by atoms with E-state index < -0.39 is 41.7 Å². The van der Waals surface area contributed by atoms with Crippen molar-refractivity contribution in [1.29, 1.82) is 0 Å². The monoisotopic (exact) mass is 425 g/mol. The molecule has 0 radical (unpaired) electrons. The van der Waals surface area contributed by atoms with Gasteiger partial charge in [0.2, 0.25) is 11.8 Å². The van der Waals surface area contributed by atoms with Gasteiger partial charge >= 0.3 is 0 Å². The number of likely N-dealkylation sites (tertiary alicyclic amines) is 1. The van der Waals surface area contributed by atoms with Gasteiger partial charge in [0, 0.05) is 25.1 Å². The third kappa shape index (κ3) is 4.35. The number of nitrogens with two attached hydrogens (primary N) is 1. The van der Waals surface area contributed by atoms with Crippen molar-refractivity contribution >= 4 is 5.91 Å². The van der Waals surface area contributed by atoms with Crippen molar-refractivity contribution in [3.8, 4) is 0 Å². The maximum absolute atomic E-state index is 14.2. The number of rotatable bonds is 6. The summed E-state index contributed by atoms with van der Waals surface area (Å²) in [6.45, 7) is 0.480. The van der Waals surface area contributed by atoms with Crippen LogP contribution in [-0.2, 0) is 10.5 Å². The minimum absolute atomic E-state index is 0.0755. The van der Waals surface area contributed by atoms with Gasteiger partial charge in [-0.3, -0.25) is 4.79 Å². The van der Waals surface area contributed by atoms with Crippen molar-refractivity contribution in [2.45, 2.75) is 62.7 Å². The lowest BCUT2D eigenvalue weighted by atomic mass is 10.0. The van der Waals surface area contributed by atoms with Crippen molar-refractivity contribution in [2.24, 2.45) is 5.73 Å². The molecule has 0 aromatic carbocycles. The van der Waals surface area contributed by atoms with Gasteiger partial charge in [0.15, 0.2) is 5.67 Å². The molecule has 9 heteroatoms. The van der Waals surface area contributed by atoms with E-state index in [1.165, 1.54) is 6.26 Å². The Kier molecular flexibility index (Phi) is 5.57. The summed E-state index contributed by atoms with van der Waals surface area (Å²) in [7, 11) is 0. The van der Waals surface area contributed by atoms with E-state index in [0.29, 0.717) is 37.8 Å². The molecule has 1 aromatic heterocycles. The molecule has 2 aliphatic carbocycles. The number of allylic oxidation sites excluding steroid dienone is 5. The van der Waals surface area contributed by atoms with Crippen molar-refractivity contribution < 1.29 is 26.8 Å². The standard InChI is InChI=1S/C21H23F4N3O2/c22-13-6-12(16(24)9-14(23)8-13)7-15(26)10-19(29)28-5-1-2-17(28)20-27-18(11-30-20)21(25)3-4-21/h6,9,11,15,17H,1-5,7-8,10,26H2/t15?,17-/m0/s1. The highest BCUT2D eigenvalue weighted by Crippen LogP contribution is 2.49. The van der Waals surface area contributed by atoms with Gasteiger partial charge in [0.1, 0.15) is 35.5 Å². The van der Waals surface area contributed by atoms with Crippen LogP contribution in [0.1, 0.15) is 62.6 Å². The number of alkyl halides is 1. The molecule has 2 atom stereocenters. The Morgan fingerprint density at radius 3 is 2.77 bits per heavy atom. The minimum Gasteiger partial charge on any atom is -0.446 e. The quantitative estimate of drug-likeness (QED) is 0.669. The van der Waals surface area contributed by atoms with Crippen LogP contribution in [0.15, 0.2) is 45.9 Å². The van der Waals surface area contributed by atoms with Crippen LogP contribution in [0.5, 0.6) is 0 Å². The molecular weight excluding hydrogens is 402 g/mol. The second kappa shape index (κ2) is 8.02. The lowest BCUT2D eigenvalue weighted by Crippen LogP contribution is -2.35. The van der Waals surface area contributed by atoms with Gasteiger partial charge in [-0.05, 0) is 43.8 Å². The molecule has 30 heavy (non-hydrogen) atoms. The van der Waals surface area contributed by atoms with E-state index in [4.69, 9.17) is 10.2 Å². The molecule has 1 aromatic rings. The first-order chi connectivity index (χ1) is 14.2. The second-order valence-electron chi connectivity index (χ2n) is 8.18. The van der Waals surface area contributed by atoms with Crippen LogP contribution < -0.4 is 5.73 Å². The highest BCUT2D eigenvalue weighted by Gasteiger charge is 2.48. The lowest BCUT2D eigenvalue weighted by Gasteiger charge is -2.24. The van der Waals surface area contributed by atoms with Gasteiger partial charge in [0.25, 0.3) is 0 Å². The molecule has 2 fully saturated rings. The summed E-state index contributed by atoms with van der Waals surface area (Å²) in [5, 5.41) is 0. The minimum atomic E-state index is -1.41. The smallest absolute Gasteiger partial charge is 0.224 e. The molecule has 1 saturated heterocycles. The van der Waals surface area contributed by atoms with Crippen LogP contribution in [0.3, 0.4) is 0 Å². The van der Waals surface area contributed by atoms with E-state index >= 15 is 0 Å². The Morgan fingerprint density at radius 1 is 1.30 bits per heavy atom. The van der Waals surface area contributed by atoms with Crippen LogP contribution in [0.2, 0.25) is 0 Å². The van der Waals surface area contributed by atoms with E-state index in [1.807, 2.05) is 0 Å². The third-order valence-electron chi connectivity index (χ3n) is 5.71. The lowest BCUT2D eigenvalue weighted by molar-refractivity contribution is -0.132. The van der Waals surface area contributed by atoms with E-state index in [-0.39, 0.29) is 30.0 Å². The predicted octanol–water partition coefficient (Wildman–Crippen LogP) is 4.74. The van der Waals surface area contributed by atoms with E-state index in [0.717, 1.165) is 12.5 Å². The van der Waals surface area contributed by atoms with Gasteiger partial charge in [-0.25, -0.2) is 22.5 Å². The normalized spacial score (nSPS) is 24.4. The maximum atomic E-state index is 14.2. The molecule has 4 rings (SSSR count). The molecule has 2 heterocycles. The Labute approximate surface area is 171 Å². The molecule has 1 aliphatic heterocycles. The molecule has 5 nitrogen and oxygen atoms in total. The first-order valence-corrected chi connectivity index (χ1v) is 10.1. The van der Waals surface area contributed by atoms with E-state index in [1.54, 1.807) is 4.90 Å². The van der Waals surface area contributed by atoms with Crippen LogP contribution in [0, 0.1) is 0 Å². The summed E-state index contributed by atoms with van der Waals surface area (Å²) in [6.07, 6.45) is 4.28. The average Bonchev–Trinajstić information content (AvgIpc) is 3.11. The summed E-state index contributed by atoms with van der Waals surface area (Å²) in [4.78, 5) is 18.6. The summed E-state index contributed by atoms with van der Waals surface area (Å²) in [5.74, 6) is -2.57. The van der Waals surface area contributed by atoms with Crippen molar-refractivity contribution in [2.75, 3.05) is 6.54 Å². The molecule has 1 unspecified atom stereocenters. The second-order valence-corrected chi connectivity index (χ2v) is 8.18. The van der Waals surface area contributed by atoms with Crippen molar-refractivity contribution in [1.82, 2.24) is 9.88 Å². The number of carbonyl (C=O) groups excluding carboxylic acids is 1. The van der Waals surface area contributed by atoms with E-state index in [2.05, 4.69) is 4.98 Å². The zero-order chi connectivity index (χ0) is 21.5. The number of halogens is 4. The van der Waals surface area contributed by atoms with Crippen LogP contribution in [0.25, 0.3) is 0 Å². The Balaban J connectivity index is 1.41. The van der Waals surface area contributed by atoms with Gasteiger partial charge in [-0.1, -0.05) is 0 Å². The van der Waals surface area contributed by atoms with Gasteiger partial charge < -0.3 is 15.1 Å². The Morgan fingerprint density at radius 2 is 2.03 bits per heavy atom. The molecule has 0 spiro atoms. The first kappa shape index (κ1) is 20.8. The number of aromatic nitrogens is 1. The summed E-state index contributed by atoms with van der Waals surface area (Å²) in [5.41, 5.74) is 4.79. The molecule has 2 N–H and O–H groups in total. The topological polar surface area (TPSA) is 72.4 Å². The predicted molar refractivity (Wildman–Crippen MR) is 101 cm³/mol.